The second-order valence-corrected chi connectivity index (χ2v) is 10.4. The van der Waals surface area contributed by atoms with E-state index in [0.717, 1.165) is 16.8 Å². The zero-order valence-corrected chi connectivity index (χ0v) is 20.6. The molecule has 1 aliphatic carbocycles. The van der Waals surface area contributed by atoms with Gasteiger partial charge in [-0.1, -0.05) is 77.8 Å². The van der Waals surface area contributed by atoms with Crippen LogP contribution >= 0.6 is 23.2 Å². The largest absolute Gasteiger partial charge is 0.352 e. The third-order valence-electron chi connectivity index (χ3n) is 7.68. The van der Waals surface area contributed by atoms with E-state index in [1.807, 2.05) is 42.2 Å². The van der Waals surface area contributed by atoms with Gasteiger partial charge < -0.3 is 4.90 Å². The Morgan fingerprint density at radius 1 is 0.943 bits per heavy atom. The third kappa shape index (κ3) is 2.84. The maximum Gasteiger partial charge on any atom is 0.180 e. The molecule has 3 aromatic carbocycles. The number of carbonyl (C=O) groups is 3. The van der Waals surface area contributed by atoms with Gasteiger partial charge in [-0.2, -0.15) is 0 Å². The molecule has 3 aromatic rings. The average Bonchev–Trinajstić information content (AvgIpc) is 3.26. The van der Waals surface area contributed by atoms with Gasteiger partial charge in [-0.25, -0.2) is 0 Å². The topological polar surface area (TPSA) is 54.5 Å². The molecule has 3 aliphatic rings. The summed E-state index contributed by atoms with van der Waals surface area (Å²) in [5.41, 5.74) is 2.61. The molecule has 0 bridgehead atoms. The lowest BCUT2D eigenvalue weighted by Crippen LogP contribution is -2.48. The Balaban J connectivity index is 1.71. The average molecular weight is 502 g/mol. The maximum atomic E-state index is 14.3. The van der Waals surface area contributed by atoms with Crippen molar-refractivity contribution in [1.29, 1.82) is 0 Å². The Hall–Kier alpha value is -3.21. The first-order valence-electron chi connectivity index (χ1n) is 11.5. The number of benzene rings is 3. The summed E-state index contributed by atoms with van der Waals surface area (Å²) in [6.45, 7) is 3.50. The minimum Gasteiger partial charge on any atom is -0.352 e. The fraction of sp³-hybridized carbons (Fsp3) is 0.207. The van der Waals surface area contributed by atoms with Gasteiger partial charge in [-0.05, 0) is 48.7 Å². The summed E-state index contributed by atoms with van der Waals surface area (Å²) in [4.78, 5) is 44.1. The van der Waals surface area contributed by atoms with E-state index in [4.69, 9.17) is 23.2 Å². The van der Waals surface area contributed by atoms with Gasteiger partial charge in [-0.15, -0.1) is 0 Å². The van der Waals surface area contributed by atoms with Crippen molar-refractivity contribution in [1.82, 2.24) is 0 Å². The summed E-state index contributed by atoms with van der Waals surface area (Å²) in [5, 5.41) is 0.772. The van der Waals surface area contributed by atoms with Crippen LogP contribution in [0.25, 0.3) is 6.08 Å². The number of carbonyl (C=O) groups excluding carboxylic acids is 3. The Morgan fingerprint density at radius 3 is 2.26 bits per heavy atom. The highest BCUT2D eigenvalue weighted by atomic mass is 35.5. The number of aryl methyl sites for hydroxylation is 1. The lowest BCUT2D eigenvalue weighted by Gasteiger charge is -2.37. The minimum absolute atomic E-state index is 0.137. The molecular weight excluding hydrogens is 481 g/mol. The Morgan fingerprint density at radius 2 is 1.63 bits per heavy atom. The van der Waals surface area contributed by atoms with E-state index in [2.05, 4.69) is 0 Å². The highest BCUT2D eigenvalue weighted by molar-refractivity contribution is 6.36. The number of anilines is 1. The maximum absolute atomic E-state index is 14.3. The lowest BCUT2D eigenvalue weighted by atomic mass is 9.64. The zero-order valence-electron chi connectivity index (χ0n) is 19.1. The van der Waals surface area contributed by atoms with E-state index in [1.54, 1.807) is 42.5 Å². The van der Waals surface area contributed by atoms with Crippen LogP contribution in [-0.2, 0) is 4.79 Å². The molecule has 0 radical (unpaired) electrons. The first-order valence-corrected chi connectivity index (χ1v) is 12.2. The van der Waals surface area contributed by atoms with Crippen LogP contribution in [0.15, 0.2) is 66.7 Å². The number of fused-ring (bicyclic) bond motifs is 5. The molecule has 1 fully saturated rings. The molecule has 3 atom stereocenters. The summed E-state index contributed by atoms with van der Waals surface area (Å²) in [5.74, 6) is -1.47. The van der Waals surface area contributed by atoms with Crippen LogP contribution in [0.3, 0.4) is 0 Å². The van der Waals surface area contributed by atoms with Crippen LogP contribution in [0.4, 0.5) is 5.69 Å². The van der Waals surface area contributed by atoms with E-state index in [9.17, 15) is 14.4 Å². The standard InChI is InChI=1S/C29H21Cl2NO3/c1-15-7-8-17-9-12-24-29(27(34)19-5-3-4-6-20(19)28(29)35)25(21-11-10-18(30)14-22(21)31)26(16(2)33)32(24)23(17)13-15/h3-14,24-26H,1-2H3. The summed E-state index contributed by atoms with van der Waals surface area (Å²) < 4.78 is 0. The molecule has 3 unspecified atom stereocenters. The van der Waals surface area contributed by atoms with E-state index < -0.39 is 23.4 Å². The molecule has 2 aliphatic heterocycles. The number of Topliss-reactive ketones (excluding diaryl/α,β-unsaturated/α-hetero) is 3. The molecule has 1 saturated heterocycles. The predicted molar refractivity (Wildman–Crippen MR) is 138 cm³/mol. The number of nitrogens with zero attached hydrogens (tertiary/aromatic N) is 1. The molecule has 35 heavy (non-hydrogen) atoms. The first-order chi connectivity index (χ1) is 16.8. The molecule has 0 amide bonds. The number of halogens is 2. The summed E-state index contributed by atoms with van der Waals surface area (Å²) >= 11 is 12.9. The SMILES string of the molecule is CC(=O)C1C(c2ccc(Cl)cc2Cl)C2(C(=O)c3ccccc3C2=O)C2C=Cc3ccc(C)cc3N12. The van der Waals surface area contributed by atoms with Gasteiger partial charge in [-0.3, -0.25) is 14.4 Å². The molecular formula is C29H21Cl2NO3. The highest BCUT2D eigenvalue weighted by Gasteiger charge is 2.71. The molecule has 6 rings (SSSR count). The fourth-order valence-corrected chi connectivity index (χ4v) is 6.85. The van der Waals surface area contributed by atoms with Crippen molar-refractivity contribution < 1.29 is 14.4 Å². The molecule has 0 aromatic heterocycles. The molecule has 2 heterocycles. The van der Waals surface area contributed by atoms with Gasteiger partial charge in [0.25, 0.3) is 0 Å². The molecule has 4 nitrogen and oxygen atoms in total. The van der Waals surface area contributed by atoms with Crippen LogP contribution in [0, 0.1) is 12.3 Å². The van der Waals surface area contributed by atoms with Crippen LogP contribution in [-0.4, -0.2) is 29.4 Å². The van der Waals surface area contributed by atoms with E-state index in [-0.39, 0.29) is 17.3 Å². The van der Waals surface area contributed by atoms with Gasteiger partial charge in [0, 0.05) is 32.8 Å². The van der Waals surface area contributed by atoms with Crippen molar-refractivity contribution in [2.24, 2.45) is 5.41 Å². The summed E-state index contributed by atoms with van der Waals surface area (Å²) in [6.07, 6.45) is 3.85. The molecule has 6 heteroatoms. The van der Waals surface area contributed by atoms with Crippen molar-refractivity contribution in [3.63, 3.8) is 0 Å². The highest BCUT2D eigenvalue weighted by Crippen LogP contribution is 2.61. The lowest BCUT2D eigenvalue weighted by molar-refractivity contribution is -0.118. The van der Waals surface area contributed by atoms with E-state index in [0.29, 0.717) is 26.7 Å². The third-order valence-corrected chi connectivity index (χ3v) is 8.24. The summed E-state index contributed by atoms with van der Waals surface area (Å²) in [7, 11) is 0. The van der Waals surface area contributed by atoms with E-state index >= 15 is 0 Å². The zero-order chi connectivity index (χ0) is 24.6. The van der Waals surface area contributed by atoms with Crippen LogP contribution in [0.2, 0.25) is 10.0 Å². The van der Waals surface area contributed by atoms with Gasteiger partial charge in [0.15, 0.2) is 17.3 Å². The van der Waals surface area contributed by atoms with Gasteiger partial charge >= 0.3 is 0 Å². The Kier molecular flexibility index (Phi) is 4.86. The number of hydrogen-bond donors (Lipinski definition) is 0. The molecule has 0 saturated carbocycles. The first kappa shape index (κ1) is 22.3. The molecule has 0 N–H and O–H groups in total. The van der Waals surface area contributed by atoms with Crippen LogP contribution < -0.4 is 4.90 Å². The smallest absolute Gasteiger partial charge is 0.180 e. The van der Waals surface area contributed by atoms with Crippen LogP contribution in [0.1, 0.15) is 50.2 Å². The van der Waals surface area contributed by atoms with Crippen molar-refractivity contribution in [2.75, 3.05) is 4.90 Å². The Labute approximate surface area is 213 Å². The normalized spacial score (nSPS) is 23.4. The summed E-state index contributed by atoms with van der Waals surface area (Å²) in [6, 6.07) is 16.6. The van der Waals surface area contributed by atoms with Gasteiger partial charge in [0.05, 0.1) is 12.1 Å². The molecule has 174 valence electrons. The quantitative estimate of drug-likeness (QED) is 0.385. The van der Waals surface area contributed by atoms with Crippen molar-refractivity contribution in [3.05, 3.63) is 105 Å². The number of rotatable bonds is 2. The van der Waals surface area contributed by atoms with Gasteiger partial charge in [0.1, 0.15) is 5.41 Å². The van der Waals surface area contributed by atoms with Crippen molar-refractivity contribution in [3.8, 4) is 0 Å². The molecule has 1 spiro atoms. The fourth-order valence-electron chi connectivity index (χ4n) is 6.32. The number of hydrogen-bond acceptors (Lipinski definition) is 4. The monoisotopic (exact) mass is 501 g/mol. The predicted octanol–water partition coefficient (Wildman–Crippen LogP) is 6.32. The Bertz CT molecular complexity index is 1460. The second kappa shape index (κ2) is 7.64. The van der Waals surface area contributed by atoms with Crippen LogP contribution in [0.5, 0.6) is 0 Å². The second-order valence-electron chi connectivity index (χ2n) is 9.55. The van der Waals surface area contributed by atoms with Gasteiger partial charge in [0.2, 0.25) is 0 Å². The minimum atomic E-state index is -1.53. The number of ketones is 3. The van der Waals surface area contributed by atoms with Crippen molar-refractivity contribution in [2.45, 2.75) is 31.8 Å². The van der Waals surface area contributed by atoms with Crippen molar-refractivity contribution >= 4 is 52.3 Å². The van der Waals surface area contributed by atoms with E-state index in [1.165, 1.54) is 6.92 Å².